The van der Waals surface area contributed by atoms with Gasteiger partial charge in [0.15, 0.2) is 0 Å². The lowest BCUT2D eigenvalue weighted by Crippen LogP contribution is -2.60. The van der Waals surface area contributed by atoms with Crippen LogP contribution in [-0.4, -0.2) is 74.6 Å². The molecule has 0 unspecified atom stereocenters. The van der Waals surface area contributed by atoms with Crippen molar-refractivity contribution in [1.82, 2.24) is 0 Å². The molecule has 23 heavy (non-hydrogen) atoms. The van der Waals surface area contributed by atoms with Crippen LogP contribution in [0.15, 0.2) is 24.3 Å². The molecule has 0 aromatic heterocycles. The van der Waals surface area contributed by atoms with Gasteiger partial charge in [0.05, 0.1) is 13.2 Å². The van der Waals surface area contributed by atoms with Crippen molar-refractivity contribution < 1.29 is 40.1 Å². The molecule has 0 amide bonds. The molecular formula is C15H24O8. The topological polar surface area (TPSA) is 140 Å². The summed E-state index contributed by atoms with van der Waals surface area (Å²) in [6, 6.07) is 6.61. The third kappa shape index (κ3) is 5.11. The predicted molar refractivity (Wildman–Crippen MR) is 79.5 cm³/mol. The molecule has 8 nitrogen and oxygen atoms in total. The number of aliphatic hydroxyl groups excluding tert-OH is 6. The fraction of sp³-hybridized carbons (Fsp3) is 0.600. The first-order valence-electron chi connectivity index (χ1n) is 7.26. The van der Waals surface area contributed by atoms with E-state index in [1.807, 2.05) is 0 Å². The molecule has 1 saturated heterocycles. The van der Waals surface area contributed by atoms with Crippen LogP contribution in [0.1, 0.15) is 12.5 Å². The lowest BCUT2D eigenvalue weighted by atomic mass is 9.99. The second kappa shape index (κ2) is 9.78. The molecule has 1 fully saturated rings. The van der Waals surface area contributed by atoms with Crippen molar-refractivity contribution in [2.75, 3.05) is 13.2 Å². The molecule has 1 aliphatic rings. The smallest absolute Gasteiger partial charge is 0.229 e. The maximum atomic E-state index is 9.84. The normalized spacial score (nSPS) is 30.3. The van der Waals surface area contributed by atoms with E-state index in [0.29, 0.717) is 11.3 Å². The van der Waals surface area contributed by atoms with Crippen LogP contribution >= 0.6 is 0 Å². The van der Waals surface area contributed by atoms with Gasteiger partial charge < -0.3 is 40.1 Å². The van der Waals surface area contributed by atoms with E-state index < -0.39 is 37.3 Å². The van der Waals surface area contributed by atoms with Crippen LogP contribution in [-0.2, 0) is 11.3 Å². The Morgan fingerprint density at radius 3 is 2.17 bits per heavy atom. The molecule has 0 saturated carbocycles. The number of rotatable bonds is 4. The Kier molecular flexibility index (Phi) is 8.42. The van der Waals surface area contributed by atoms with E-state index in [-0.39, 0.29) is 13.2 Å². The van der Waals surface area contributed by atoms with Gasteiger partial charge in [-0.3, -0.25) is 0 Å². The maximum absolute atomic E-state index is 9.84. The third-order valence-corrected chi connectivity index (χ3v) is 3.23. The summed E-state index contributed by atoms with van der Waals surface area (Å²) in [7, 11) is 0. The average Bonchev–Trinajstić information content (AvgIpc) is 2.56. The van der Waals surface area contributed by atoms with Crippen molar-refractivity contribution in [3.05, 3.63) is 29.8 Å². The van der Waals surface area contributed by atoms with Crippen LogP contribution in [0.3, 0.4) is 0 Å². The minimum atomic E-state index is -1.49. The molecule has 0 spiro atoms. The molecule has 0 bridgehead atoms. The summed E-state index contributed by atoms with van der Waals surface area (Å²) >= 11 is 0. The van der Waals surface area contributed by atoms with Crippen molar-refractivity contribution in [3.8, 4) is 5.75 Å². The maximum Gasteiger partial charge on any atom is 0.229 e. The van der Waals surface area contributed by atoms with E-state index in [0.717, 1.165) is 0 Å². The van der Waals surface area contributed by atoms with Gasteiger partial charge in [-0.25, -0.2) is 0 Å². The number of aliphatic hydroxyl groups is 6. The predicted octanol–water partition coefficient (Wildman–Crippen LogP) is -1.64. The molecular weight excluding hydrogens is 308 g/mol. The average molecular weight is 332 g/mol. The Hall–Kier alpha value is -1.26. The van der Waals surface area contributed by atoms with Gasteiger partial charge in [0.1, 0.15) is 30.2 Å². The number of ether oxygens (including phenoxy) is 2. The van der Waals surface area contributed by atoms with Crippen molar-refractivity contribution in [3.63, 3.8) is 0 Å². The second-order valence-electron chi connectivity index (χ2n) is 4.90. The highest BCUT2D eigenvalue weighted by Gasteiger charge is 2.44. The van der Waals surface area contributed by atoms with E-state index in [9.17, 15) is 20.4 Å². The van der Waals surface area contributed by atoms with Crippen molar-refractivity contribution >= 4 is 0 Å². The van der Waals surface area contributed by atoms with Gasteiger partial charge in [0, 0.05) is 12.2 Å². The first-order chi connectivity index (χ1) is 11.0. The zero-order valence-electron chi connectivity index (χ0n) is 12.8. The fourth-order valence-corrected chi connectivity index (χ4v) is 2.04. The molecule has 8 heteroatoms. The fourth-order valence-electron chi connectivity index (χ4n) is 2.04. The quantitative estimate of drug-likeness (QED) is 0.386. The highest BCUT2D eigenvalue weighted by atomic mass is 16.7. The molecule has 132 valence electrons. The van der Waals surface area contributed by atoms with Gasteiger partial charge in [0.2, 0.25) is 6.29 Å². The summed E-state index contributed by atoms with van der Waals surface area (Å²) in [6.45, 7) is 1.15. The van der Waals surface area contributed by atoms with Gasteiger partial charge >= 0.3 is 0 Å². The summed E-state index contributed by atoms with van der Waals surface area (Å²) in [5.41, 5.74) is 0.490. The zero-order valence-corrected chi connectivity index (χ0v) is 12.8. The first-order valence-corrected chi connectivity index (χ1v) is 7.26. The van der Waals surface area contributed by atoms with Crippen molar-refractivity contribution in [2.45, 2.75) is 44.2 Å². The standard InChI is InChI=1S/C13H18O7.C2H6O/c14-5-7-3-1-2-4-8(7)19-13-12(18)11(17)10(16)9(6-15)20-13;1-2-3/h1-4,9-18H,5-6H2;3H,2H2,1H3/t9-,10-,11+,12-,13-;/m1./s1. The largest absolute Gasteiger partial charge is 0.462 e. The molecule has 1 heterocycles. The van der Waals surface area contributed by atoms with Gasteiger partial charge in [-0.1, -0.05) is 18.2 Å². The summed E-state index contributed by atoms with van der Waals surface area (Å²) < 4.78 is 10.6. The SMILES string of the molecule is CCO.OCc1ccccc1O[C@@H]1O[C@H](CO)[C@@H](O)[C@H](O)[C@H]1O. The highest BCUT2D eigenvalue weighted by molar-refractivity contribution is 5.32. The minimum absolute atomic E-state index is 0.250. The van der Waals surface area contributed by atoms with E-state index in [2.05, 4.69) is 0 Å². The van der Waals surface area contributed by atoms with Crippen molar-refractivity contribution in [1.29, 1.82) is 0 Å². The highest BCUT2D eigenvalue weighted by Crippen LogP contribution is 2.26. The van der Waals surface area contributed by atoms with Gasteiger partial charge in [0.25, 0.3) is 0 Å². The Bertz CT molecular complexity index is 453. The summed E-state index contributed by atoms with van der Waals surface area (Å²) in [6.07, 6.45) is -6.67. The Labute approximate surface area is 134 Å². The number of hydrogen-bond donors (Lipinski definition) is 6. The summed E-state index contributed by atoms with van der Waals surface area (Å²) in [4.78, 5) is 0. The third-order valence-electron chi connectivity index (χ3n) is 3.23. The van der Waals surface area contributed by atoms with E-state index >= 15 is 0 Å². The van der Waals surface area contributed by atoms with Crippen LogP contribution in [0.5, 0.6) is 5.75 Å². The van der Waals surface area contributed by atoms with Crippen LogP contribution in [0.4, 0.5) is 0 Å². The van der Waals surface area contributed by atoms with E-state index in [1.54, 1.807) is 31.2 Å². The van der Waals surface area contributed by atoms with Gasteiger partial charge in [-0.05, 0) is 13.0 Å². The number of hydrogen-bond acceptors (Lipinski definition) is 8. The monoisotopic (exact) mass is 332 g/mol. The summed E-state index contributed by atoms with van der Waals surface area (Å²) in [5, 5.41) is 55.0. The molecule has 1 aromatic carbocycles. The van der Waals surface area contributed by atoms with Crippen LogP contribution in [0, 0.1) is 0 Å². The Morgan fingerprint density at radius 1 is 1.00 bits per heavy atom. The zero-order chi connectivity index (χ0) is 17.4. The minimum Gasteiger partial charge on any atom is -0.462 e. The molecule has 1 aromatic rings. The molecule has 2 rings (SSSR count). The molecule has 0 radical (unpaired) electrons. The lowest BCUT2D eigenvalue weighted by Gasteiger charge is -2.39. The Balaban J connectivity index is 0.000000816. The Morgan fingerprint density at radius 2 is 1.61 bits per heavy atom. The molecule has 6 N–H and O–H groups in total. The number of para-hydroxylation sites is 1. The van der Waals surface area contributed by atoms with Crippen molar-refractivity contribution in [2.24, 2.45) is 0 Å². The van der Waals surface area contributed by atoms with Crippen LogP contribution in [0.25, 0.3) is 0 Å². The van der Waals surface area contributed by atoms with E-state index in [1.165, 1.54) is 0 Å². The lowest BCUT2D eigenvalue weighted by molar-refractivity contribution is -0.277. The molecule has 0 aliphatic carbocycles. The van der Waals surface area contributed by atoms with Crippen LogP contribution in [0.2, 0.25) is 0 Å². The van der Waals surface area contributed by atoms with Crippen LogP contribution < -0.4 is 4.74 Å². The van der Waals surface area contributed by atoms with Gasteiger partial charge in [-0.15, -0.1) is 0 Å². The van der Waals surface area contributed by atoms with E-state index in [4.69, 9.17) is 19.7 Å². The number of benzene rings is 1. The molecule has 5 atom stereocenters. The first kappa shape index (κ1) is 19.8. The molecule has 1 aliphatic heterocycles. The van der Waals surface area contributed by atoms with Gasteiger partial charge in [-0.2, -0.15) is 0 Å². The second-order valence-corrected chi connectivity index (χ2v) is 4.90. The summed E-state index contributed by atoms with van der Waals surface area (Å²) in [5.74, 6) is 0.291.